The maximum atomic E-state index is 14.1. The molecule has 0 spiro atoms. The molecule has 0 aliphatic rings. The number of halogens is 3. The van der Waals surface area contributed by atoms with Crippen LogP contribution >= 0.6 is 23.2 Å². The number of rotatable bonds is 10. The Morgan fingerprint density at radius 2 is 1.69 bits per heavy atom. The maximum absolute atomic E-state index is 14.1. The Hall–Kier alpha value is -3.09. The van der Waals surface area contributed by atoms with E-state index < -0.39 is 24.4 Å². The van der Waals surface area contributed by atoms with Gasteiger partial charge in [-0.3, -0.25) is 9.59 Å². The first kappa shape index (κ1) is 26.5. The van der Waals surface area contributed by atoms with Crippen LogP contribution in [-0.4, -0.2) is 35.4 Å². The Balaban J connectivity index is 1.95. The van der Waals surface area contributed by atoms with Crippen molar-refractivity contribution in [1.29, 1.82) is 0 Å². The fourth-order valence-corrected chi connectivity index (χ4v) is 4.02. The van der Waals surface area contributed by atoms with E-state index in [-0.39, 0.29) is 30.7 Å². The number of hydrogen-bond donors (Lipinski definition) is 1. The Kier molecular flexibility index (Phi) is 9.52. The van der Waals surface area contributed by atoms with Crippen LogP contribution in [0.4, 0.5) is 4.39 Å². The minimum absolute atomic E-state index is 0.0402. The molecule has 0 radical (unpaired) electrons. The highest BCUT2D eigenvalue weighted by molar-refractivity contribution is 6.35. The molecule has 0 aromatic heterocycles. The topological polar surface area (TPSA) is 58.6 Å². The Morgan fingerprint density at radius 1 is 1.00 bits per heavy atom. The second kappa shape index (κ2) is 12.6. The zero-order valence-electron chi connectivity index (χ0n) is 19.5. The van der Waals surface area contributed by atoms with Gasteiger partial charge in [-0.1, -0.05) is 71.7 Å². The van der Waals surface area contributed by atoms with Crippen molar-refractivity contribution in [2.75, 3.05) is 6.61 Å². The molecule has 0 saturated carbocycles. The molecule has 0 aliphatic heterocycles. The monoisotopic (exact) mass is 516 g/mol. The van der Waals surface area contributed by atoms with Gasteiger partial charge in [0.15, 0.2) is 18.2 Å². The molecule has 3 rings (SSSR count). The lowest BCUT2D eigenvalue weighted by atomic mass is 10.0. The molecule has 0 heterocycles. The standard InChI is InChI=1S/C27H27Cl2FN2O3/c1-18(2)31-27(34)24(14-19-8-4-3-5-9-19)32(16-20-12-13-21(28)15-22(20)29)26(33)17-35-25-11-7-6-10-23(25)30/h3-13,15,18,24H,14,16-17H2,1-2H3,(H,31,34)/t24-/m0/s1. The Labute approximate surface area is 214 Å². The predicted molar refractivity (Wildman–Crippen MR) is 136 cm³/mol. The van der Waals surface area contributed by atoms with Crippen LogP contribution in [0.3, 0.4) is 0 Å². The number of nitrogens with zero attached hydrogens (tertiary/aromatic N) is 1. The quantitative estimate of drug-likeness (QED) is 0.377. The lowest BCUT2D eigenvalue weighted by Gasteiger charge is -2.32. The van der Waals surface area contributed by atoms with Crippen LogP contribution in [0.25, 0.3) is 0 Å². The second-order valence-electron chi connectivity index (χ2n) is 8.35. The summed E-state index contributed by atoms with van der Waals surface area (Å²) in [4.78, 5) is 28.2. The minimum atomic E-state index is -0.858. The number of hydrogen-bond acceptors (Lipinski definition) is 3. The molecule has 0 saturated heterocycles. The van der Waals surface area contributed by atoms with Gasteiger partial charge in [-0.15, -0.1) is 0 Å². The third-order valence-corrected chi connectivity index (χ3v) is 5.83. The summed E-state index contributed by atoms with van der Waals surface area (Å²) in [6, 6.07) is 19.2. The van der Waals surface area contributed by atoms with Crippen molar-refractivity contribution in [2.45, 2.75) is 38.9 Å². The van der Waals surface area contributed by atoms with Crippen molar-refractivity contribution in [3.05, 3.63) is 99.8 Å². The molecule has 35 heavy (non-hydrogen) atoms. The molecule has 3 aromatic rings. The zero-order valence-corrected chi connectivity index (χ0v) is 21.0. The smallest absolute Gasteiger partial charge is 0.261 e. The maximum Gasteiger partial charge on any atom is 0.261 e. The van der Waals surface area contributed by atoms with Crippen molar-refractivity contribution in [1.82, 2.24) is 10.2 Å². The molecule has 1 atom stereocenters. The third-order valence-electron chi connectivity index (χ3n) is 5.25. The summed E-state index contributed by atoms with van der Waals surface area (Å²) in [5, 5.41) is 3.73. The van der Waals surface area contributed by atoms with E-state index in [1.807, 2.05) is 44.2 Å². The molecule has 0 fully saturated rings. The first-order valence-electron chi connectivity index (χ1n) is 11.2. The van der Waals surface area contributed by atoms with Crippen molar-refractivity contribution in [3.8, 4) is 5.75 Å². The van der Waals surface area contributed by atoms with Gasteiger partial charge in [-0.25, -0.2) is 4.39 Å². The first-order valence-corrected chi connectivity index (χ1v) is 11.9. The largest absolute Gasteiger partial charge is 0.481 e. The van der Waals surface area contributed by atoms with Crippen LogP contribution in [0.5, 0.6) is 5.75 Å². The van der Waals surface area contributed by atoms with Gasteiger partial charge >= 0.3 is 0 Å². The van der Waals surface area contributed by atoms with Crippen molar-refractivity contribution in [2.24, 2.45) is 0 Å². The first-order chi connectivity index (χ1) is 16.7. The van der Waals surface area contributed by atoms with Crippen molar-refractivity contribution < 1.29 is 18.7 Å². The molecule has 0 bridgehead atoms. The molecule has 0 unspecified atom stereocenters. The Morgan fingerprint density at radius 3 is 2.34 bits per heavy atom. The van der Waals surface area contributed by atoms with Crippen LogP contribution in [0.15, 0.2) is 72.8 Å². The summed E-state index contributed by atoms with van der Waals surface area (Å²) in [5.41, 5.74) is 1.50. The van der Waals surface area contributed by atoms with Gasteiger partial charge in [0, 0.05) is 29.1 Å². The van der Waals surface area contributed by atoms with Gasteiger partial charge < -0.3 is 15.0 Å². The summed E-state index contributed by atoms with van der Waals surface area (Å²) in [6.07, 6.45) is 0.274. The zero-order chi connectivity index (χ0) is 25.4. The summed E-state index contributed by atoms with van der Waals surface area (Å²) >= 11 is 12.4. The summed E-state index contributed by atoms with van der Waals surface area (Å²) in [7, 11) is 0. The molecule has 8 heteroatoms. The van der Waals surface area contributed by atoms with Gasteiger partial charge in [0.05, 0.1) is 0 Å². The Bertz CT molecular complexity index is 1160. The fraction of sp³-hybridized carbons (Fsp3) is 0.259. The molecule has 5 nitrogen and oxygen atoms in total. The molecule has 1 N–H and O–H groups in total. The van der Waals surface area contributed by atoms with Crippen LogP contribution in [0.2, 0.25) is 10.0 Å². The summed E-state index contributed by atoms with van der Waals surface area (Å²) in [5.74, 6) is -1.42. The number of carbonyl (C=O) groups is 2. The highest BCUT2D eigenvalue weighted by Crippen LogP contribution is 2.24. The van der Waals surface area contributed by atoms with E-state index in [4.69, 9.17) is 27.9 Å². The van der Waals surface area contributed by atoms with Crippen LogP contribution in [0, 0.1) is 5.82 Å². The van der Waals surface area contributed by atoms with Gasteiger partial charge in [0.1, 0.15) is 6.04 Å². The SMILES string of the molecule is CC(C)NC(=O)[C@H](Cc1ccccc1)N(Cc1ccc(Cl)cc1Cl)C(=O)COc1ccccc1F. The summed E-state index contributed by atoms with van der Waals surface area (Å²) < 4.78 is 19.5. The number of benzene rings is 3. The number of carbonyl (C=O) groups excluding carboxylic acids is 2. The lowest BCUT2D eigenvalue weighted by molar-refractivity contribution is -0.143. The average molecular weight is 517 g/mol. The van der Waals surface area contributed by atoms with E-state index in [0.717, 1.165) is 5.56 Å². The van der Waals surface area contributed by atoms with E-state index in [2.05, 4.69) is 5.32 Å². The minimum Gasteiger partial charge on any atom is -0.481 e. The fourth-order valence-electron chi connectivity index (χ4n) is 3.55. The normalized spacial score (nSPS) is 11.7. The number of nitrogens with one attached hydrogen (secondary N) is 1. The van der Waals surface area contributed by atoms with Crippen LogP contribution in [-0.2, 0) is 22.6 Å². The van der Waals surface area contributed by atoms with E-state index in [0.29, 0.717) is 15.6 Å². The third kappa shape index (κ3) is 7.70. The van der Waals surface area contributed by atoms with E-state index in [9.17, 15) is 14.0 Å². The summed E-state index contributed by atoms with van der Waals surface area (Å²) in [6.45, 7) is 3.28. The van der Waals surface area contributed by atoms with E-state index >= 15 is 0 Å². The van der Waals surface area contributed by atoms with Crippen molar-refractivity contribution >= 4 is 35.0 Å². The van der Waals surface area contributed by atoms with Gasteiger partial charge in [-0.05, 0) is 49.2 Å². The molecular weight excluding hydrogens is 490 g/mol. The highest BCUT2D eigenvalue weighted by Gasteiger charge is 2.31. The van der Waals surface area contributed by atoms with Gasteiger partial charge in [0.2, 0.25) is 5.91 Å². The highest BCUT2D eigenvalue weighted by atomic mass is 35.5. The molecule has 0 aliphatic carbocycles. The molecule has 2 amide bonds. The number of ether oxygens (including phenoxy) is 1. The molecular formula is C27H27Cl2FN2O3. The second-order valence-corrected chi connectivity index (χ2v) is 9.19. The predicted octanol–water partition coefficient (Wildman–Crippen LogP) is 5.68. The number of amides is 2. The van der Waals surface area contributed by atoms with Gasteiger partial charge in [0.25, 0.3) is 5.91 Å². The van der Waals surface area contributed by atoms with Crippen LogP contribution in [0.1, 0.15) is 25.0 Å². The van der Waals surface area contributed by atoms with Gasteiger partial charge in [-0.2, -0.15) is 0 Å². The average Bonchev–Trinajstić information content (AvgIpc) is 2.82. The molecule has 184 valence electrons. The van der Waals surface area contributed by atoms with Crippen LogP contribution < -0.4 is 10.1 Å². The lowest BCUT2D eigenvalue weighted by Crippen LogP contribution is -2.52. The molecule has 3 aromatic carbocycles. The number of para-hydroxylation sites is 1. The van der Waals surface area contributed by atoms with Crippen molar-refractivity contribution in [3.63, 3.8) is 0 Å². The van der Waals surface area contributed by atoms with E-state index in [1.54, 1.807) is 24.3 Å². The van der Waals surface area contributed by atoms with E-state index in [1.165, 1.54) is 23.1 Å².